The molecule has 0 aromatic rings. The van der Waals surface area contributed by atoms with Crippen LogP contribution in [-0.4, -0.2) is 12.7 Å². The smallest absolute Gasteiger partial charge is 0.0648 e. The zero-order chi connectivity index (χ0) is 12.8. The first-order valence-electron chi connectivity index (χ1n) is 8.06. The predicted octanol–water partition coefficient (Wildman–Crippen LogP) is 4.96. The fourth-order valence-corrected chi connectivity index (χ4v) is 4.00. The van der Waals surface area contributed by atoms with Crippen LogP contribution in [0.3, 0.4) is 0 Å². The Labute approximate surface area is 113 Å². The highest BCUT2D eigenvalue weighted by atomic mass is 16.5. The van der Waals surface area contributed by atoms with E-state index in [1.165, 1.54) is 57.8 Å². The average molecular weight is 250 g/mol. The Morgan fingerprint density at radius 1 is 0.944 bits per heavy atom. The Balaban J connectivity index is 1.68. The van der Waals surface area contributed by atoms with Crippen LogP contribution in [0.25, 0.3) is 0 Å². The third-order valence-electron chi connectivity index (χ3n) is 5.30. The first kappa shape index (κ1) is 14.1. The predicted molar refractivity (Wildman–Crippen MR) is 77.6 cm³/mol. The zero-order valence-corrected chi connectivity index (χ0v) is 12.1. The van der Waals surface area contributed by atoms with Crippen molar-refractivity contribution >= 4 is 0 Å². The van der Waals surface area contributed by atoms with Crippen molar-refractivity contribution in [2.75, 3.05) is 6.61 Å². The molecule has 0 saturated heterocycles. The molecule has 2 saturated carbocycles. The van der Waals surface area contributed by atoms with E-state index in [1.807, 2.05) is 6.08 Å². The molecular weight excluding hydrogens is 220 g/mol. The van der Waals surface area contributed by atoms with Crippen molar-refractivity contribution in [1.82, 2.24) is 0 Å². The Hall–Kier alpha value is -0.300. The third kappa shape index (κ3) is 3.85. The molecule has 1 nitrogen and oxygen atoms in total. The standard InChI is InChI=1S/C17H30O/c1-3-13-18-17-11-9-16(10-12-17)15-7-5-14(4-2)6-8-15/h3,14-17H,1,4-13H2,2H3. The van der Waals surface area contributed by atoms with E-state index in [2.05, 4.69) is 13.5 Å². The fourth-order valence-electron chi connectivity index (χ4n) is 4.00. The molecule has 2 rings (SSSR count). The minimum absolute atomic E-state index is 0.520. The normalized spacial score (nSPS) is 37.4. The molecule has 2 aliphatic rings. The lowest BCUT2D eigenvalue weighted by molar-refractivity contribution is 0.0212. The van der Waals surface area contributed by atoms with Gasteiger partial charge in [0.25, 0.3) is 0 Å². The third-order valence-corrected chi connectivity index (χ3v) is 5.30. The highest BCUT2D eigenvalue weighted by Crippen LogP contribution is 2.41. The SMILES string of the molecule is C=CCOC1CCC(C2CCC(CC)CC2)CC1. The van der Waals surface area contributed by atoms with Gasteiger partial charge in [-0.2, -0.15) is 0 Å². The van der Waals surface area contributed by atoms with E-state index >= 15 is 0 Å². The van der Waals surface area contributed by atoms with Gasteiger partial charge in [0.15, 0.2) is 0 Å². The van der Waals surface area contributed by atoms with Gasteiger partial charge < -0.3 is 4.74 Å². The van der Waals surface area contributed by atoms with Crippen LogP contribution in [0, 0.1) is 17.8 Å². The second-order valence-corrected chi connectivity index (χ2v) is 6.35. The van der Waals surface area contributed by atoms with E-state index < -0.39 is 0 Å². The molecule has 104 valence electrons. The van der Waals surface area contributed by atoms with Gasteiger partial charge in [-0.1, -0.05) is 32.3 Å². The highest BCUT2D eigenvalue weighted by Gasteiger charge is 2.30. The zero-order valence-electron chi connectivity index (χ0n) is 12.1. The van der Waals surface area contributed by atoms with Crippen LogP contribution in [0.15, 0.2) is 12.7 Å². The van der Waals surface area contributed by atoms with Crippen LogP contribution in [0.4, 0.5) is 0 Å². The van der Waals surface area contributed by atoms with Gasteiger partial charge in [-0.25, -0.2) is 0 Å². The van der Waals surface area contributed by atoms with Crippen molar-refractivity contribution in [3.63, 3.8) is 0 Å². The minimum Gasteiger partial charge on any atom is -0.374 e. The van der Waals surface area contributed by atoms with E-state index in [9.17, 15) is 0 Å². The Bertz CT molecular complexity index is 232. The molecule has 1 heteroatoms. The van der Waals surface area contributed by atoms with Gasteiger partial charge in [-0.05, 0) is 56.3 Å². The number of hydrogen-bond acceptors (Lipinski definition) is 1. The molecule has 18 heavy (non-hydrogen) atoms. The first-order valence-corrected chi connectivity index (χ1v) is 8.06. The lowest BCUT2D eigenvalue weighted by Gasteiger charge is -2.37. The van der Waals surface area contributed by atoms with E-state index in [0.29, 0.717) is 6.10 Å². The molecule has 0 unspecified atom stereocenters. The van der Waals surface area contributed by atoms with Gasteiger partial charge in [-0.15, -0.1) is 6.58 Å². The molecule has 0 atom stereocenters. The van der Waals surface area contributed by atoms with Crippen molar-refractivity contribution in [3.05, 3.63) is 12.7 Å². The van der Waals surface area contributed by atoms with Gasteiger partial charge in [0.05, 0.1) is 12.7 Å². The lowest BCUT2D eigenvalue weighted by Crippen LogP contribution is -2.28. The molecule has 0 aromatic carbocycles. The molecule has 0 radical (unpaired) electrons. The average Bonchev–Trinajstić information content (AvgIpc) is 2.46. The van der Waals surface area contributed by atoms with Gasteiger partial charge in [0, 0.05) is 0 Å². The monoisotopic (exact) mass is 250 g/mol. The Morgan fingerprint density at radius 3 is 2.00 bits per heavy atom. The summed E-state index contributed by atoms with van der Waals surface area (Å²) >= 11 is 0. The van der Waals surface area contributed by atoms with E-state index in [1.54, 1.807) is 0 Å². The van der Waals surface area contributed by atoms with Gasteiger partial charge in [0.1, 0.15) is 0 Å². The second-order valence-electron chi connectivity index (χ2n) is 6.35. The summed E-state index contributed by atoms with van der Waals surface area (Å²) in [6, 6.07) is 0. The van der Waals surface area contributed by atoms with Crippen LogP contribution >= 0.6 is 0 Å². The molecule has 0 N–H and O–H groups in total. The van der Waals surface area contributed by atoms with Gasteiger partial charge >= 0.3 is 0 Å². The second kappa shape index (κ2) is 7.33. The maximum absolute atomic E-state index is 5.78. The summed E-state index contributed by atoms with van der Waals surface area (Å²) in [4.78, 5) is 0. The van der Waals surface area contributed by atoms with Crippen LogP contribution in [0.2, 0.25) is 0 Å². The molecular formula is C17H30O. The topological polar surface area (TPSA) is 9.23 Å². The molecule has 2 aliphatic carbocycles. The summed E-state index contributed by atoms with van der Waals surface area (Å²) < 4.78 is 5.78. The molecule has 0 aromatic heterocycles. The van der Waals surface area contributed by atoms with Crippen molar-refractivity contribution in [2.45, 2.75) is 70.8 Å². The quantitative estimate of drug-likeness (QED) is 0.626. The van der Waals surface area contributed by atoms with E-state index in [0.717, 1.165) is 24.4 Å². The van der Waals surface area contributed by atoms with E-state index in [-0.39, 0.29) is 0 Å². The first-order chi connectivity index (χ1) is 8.83. The summed E-state index contributed by atoms with van der Waals surface area (Å²) in [6.07, 6.45) is 15.2. The van der Waals surface area contributed by atoms with E-state index in [4.69, 9.17) is 4.74 Å². The number of rotatable bonds is 5. The molecule has 0 spiro atoms. The summed E-state index contributed by atoms with van der Waals surface area (Å²) in [5.74, 6) is 3.08. The lowest BCUT2D eigenvalue weighted by atomic mass is 9.70. The Morgan fingerprint density at radius 2 is 1.50 bits per heavy atom. The molecule has 0 aliphatic heterocycles. The van der Waals surface area contributed by atoms with Gasteiger partial charge in [0.2, 0.25) is 0 Å². The van der Waals surface area contributed by atoms with Crippen LogP contribution in [0.1, 0.15) is 64.7 Å². The molecule has 0 heterocycles. The maximum Gasteiger partial charge on any atom is 0.0648 e. The minimum atomic E-state index is 0.520. The van der Waals surface area contributed by atoms with Crippen molar-refractivity contribution < 1.29 is 4.74 Å². The van der Waals surface area contributed by atoms with Crippen LogP contribution < -0.4 is 0 Å². The highest BCUT2D eigenvalue weighted by molar-refractivity contribution is 4.82. The van der Waals surface area contributed by atoms with Crippen molar-refractivity contribution in [1.29, 1.82) is 0 Å². The molecule has 2 fully saturated rings. The van der Waals surface area contributed by atoms with Crippen LogP contribution in [-0.2, 0) is 4.74 Å². The maximum atomic E-state index is 5.78. The Kier molecular flexibility index (Phi) is 5.75. The summed E-state index contributed by atoms with van der Waals surface area (Å²) in [6.45, 7) is 6.81. The number of ether oxygens (including phenoxy) is 1. The van der Waals surface area contributed by atoms with Crippen LogP contribution in [0.5, 0.6) is 0 Å². The molecule has 0 bridgehead atoms. The van der Waals surface area contributed by atoms with Crippen molar-refractivity contribution in [2.24, 2.45) is 17.8 Å². The summed E-state index contributed by atoms with van der Waals surface area (Å²) in [5.41, 5.74) is 0. The summed E-state index contributed by atoms with van der Waals surface area (Å²) in [5, 5.41) is 0. The fraction of sp³-hybridized carbons (Fsp3) is 0.882. The van der Waals surface area contributed by atoms with Gasteiger partial charge in [-0.3, -0.25) is 0 Å². The number of hydrogen-bond donors (Lipinski definition) is 0. The largest absolute Gasteiger partial charge is 0.374 e. The molecule has 0 amide bonds. The summed E-state index contributed by atoms with van der Waals surface area (Å²) in [7, 11) is 0. The van der Waals surface area contributed by atoms with Crippen molar-refractivity contribution in [3.8, 4) is 0 Å².